The van der Waals surface area contributed by atoms with Crippen molar-refractivity contribution in [3.8, 4) is 0 Å². The van der Waals surface area contributed by atoms with Gasteiger partial charge in [0.15, 0.2) is 0 Å². The molecule has 0 aromatic rings. The molecule has 0 unspecified atom stereocenters. The number of aliphatic hydroxyl groups is 1. The van der Waals surface area contributed by atoms with E-state index < -0.39 is 5.97 Å². The molecule has 0 fully saturated rings. The van der Waals surface area contributed by atoms with Crippen molar-refractivity contribution >= 4 is 5.97 Å². The average Bonchev–Trinajstić information content (AvgIpc) is 2.51. The monoisotopic (exact) mass is 320 g/mol. The fourth-order valence-electron chi connectivity index (χ4n) is 2.16. The van der Waals surface area contributed by atoms with Gasteiger partial charge in [-0.3, -0.25) is 0 Å². The largest absolute Gasteiger partial charge is 0.478 e. The second kappa shape index (κ2) is 16.8. The first-order valence-corrected chi connectivity index (χ1v) is 8.74. The van der Waals surface area contributed by atoms with Crippen LogP contribution < -0.4 is 0 Å². The number of aliphatic hydroxyl groups excluding tert-OH is 1. The van der Waals surface area contributed by atoms with Gasteiger partial charge in [-0.2, -0.15) is 0 Å². The Bertz CT molecular complexity index is 392. The van der Waals surface area contributed by atoms with E-state index in [2.05, 4.69) is 13.0 Å². The van der Waals surface area contributed by atoms with Gasteiger partial charge in [0.2, 0.25) is 0 Å². The molecule has 23 heavy (non-hydrogen) atoms. The lowest BCUT2D eigenvalue weighted by Crippen LogP contribution is -2.05. The van der Waals surface area contributed by atoms with E-state index in [0.717, 1.165) is 44.6 Å². The summed E-state index contributed by atoms with van der Waals surface area (Å²) in [6.07, 6.45) is 23.9. The highest BCUT2D eigenvalue weighted by atomic mass is 16.4. The van der Waals surface area contributed by atoms with Gasteiger partial charge in [0.1, 0.15) is 0 Å². The lowest BCUT2D eigenvalue weighted by molar-refractivity contribution is -0.131. The van der Waals surface area contributed by atoms with E-state index in [0.29, 0.717) is 0 Å². The number of allylic oxidation sites excluding steroid dienone is 7. The van der Waals surface area contributed by atoms with Gasteiger partial charge >= 0.3 is 5.97 Å². The third-order valence-corrected chi connectivity index (χ3v) is 3.48. The summed E-state index contributed by atoms with van der Waals surface area (Å²) in [6, 6.07) is 0. The molecule has 0 amide bonds. The molecule has 0 saturated heterocycles. The highest BCUT2D eigenvalue weighted by Gasteiger charge is 2.02. The molecule has 0 spiro atoms. The molecule has 0 radical (unpaired) electrons. The zero-order valence-corrected chi connectivity index (χ0v) is 14.4. The van der Waals surface area contributed by atoms with Crippen LogP contribution in [0.5, 0.6) is 0 Å². The molecule has 0 rings (SSSR count). The summed E-state index contributed by atoms with van der Waals surface area (Å²) < 4.78 is 0. The Morgan fingerprint density at radius 3 is 2.13 bits per heavy atom. The van der Waals surface area contributed by atoms with E-state index in [1.54, 1.807) is 12.2 Å². The van der Waals surface area contributed by atoms with Crippen LogP contribution in [-0.4, -0.2) is 22.3 Å². The third kappa shape index (κ3) is 18.3. The summed E-state index contributed by atoms with van der Waals surface area (Å²) in [5, 5.41) is 18.2. The lowest BCUT2D eigenvalue weighted by Gasteiger charge is -2.09. The first kappa shape index (κ1) is 21.4. The molecule has 0 aliphatic carbocycles. The van der Waals surface area contributed by atoms with Gasteiger partial charge in [-0.15, -0.1) is 0 Å². The summed E-state index contributed by atoms with van der Waals surface area (Å²) in [5.41, 5.74) is 0. The predicted molar refractivity (Wildman–Crippen MR) is 97.4 cm³/mol. The third-order valence-electron chi connectivity index (χ3n) is 3.48. The van der Waals surface area contributed by atoms with E-state index in [9.17, 15) is 9.90 Å². The topological polar surface area (TPSA) is 57.5 Å². The van der Waals surface area contributed by atoms with E-state index in [4.69, 9.17) is 5.11 Å². The summed E-state index contributed by atoms with van der Waals surface area (Å²) in [7, 11) is 0. The molecular formula is C20H32O3. The quantitative estimate of drug-likeness (QED) is 0.263. The minimum absolute atomic E-state index is 0.109. The van der Waals surface area contributed by atoms with E-state index in [1.807, 2.05) is 18.2 Å². The molecule has 0 aliphatic heterocycles. The Kier molecular flexibility index (Phi) is 15.6. The van der Waals surface area contributed by atoms with Gasteiger partial charge in [0, 0.05) is 6.08 Å². The van der Waals surface area contributed by atoms with Crippen LogP contribution in [0.2, 0.25) is 0 Å². The normalized spacial score (nSPS) is 13.8. The van der Waals surface area contributed by atoms with E-state index in [-0.39, 0.29) is 6.10 Å². The Balaban J connectivity index is 3.48. The molecule has 1 atom stereocenters. The molecular weight excluding hydrogens is 288 g/mol. The van der Waals surface area contributed by atoms with Gasteiger partial charge in [0.05, 0.1) is 6.10 Å². The SMILES string of the molecule is CCCCC[C@@H](O)CCCCCC=CC=CC=CC=CC(=O)O. The van der Waals surface area contributed by atoms with Crippen LogP contribution >= 0.6 is 0 Å². The number of unbranched alkanes of at least 4 members (excludes halogenated alkanes) is 5. The number of aliphatic carboxylic acids is 1. The van der Waals surface area contributed by atoms with Gasteiger partial charge in [-0.25, -0.2) is 4.79 Å². The Hall–Kier alpha value is -1.61. The molecule has 0 bridgehead atoms. The maximum absolute atomic E-state index is 10.2. The molecule has 0 heterocycles. The van der Waals surface area contributed by atoms with Crippen molar-refractivity contribution in [3.63, 3.8) is 0 Å². The predicted octanol–water partition coefficient (Wildman–Crippen LogP) is 5.19. The summed E-state index contributed by atoms with van der Waals surface area (Å²) in [6.45, 7) is 2.18. The van der Waals surface area contributed by atoms with Crippen LogP contribution in [0.25, 0.3) is 0 Å². The highest BCUT2D eigenvalue weighted by Crippen LogP contribution is 2.11. The van der Waals surface area contributed by atoms with Crippen LogP contribution in [0.1, 0.15) is 64.7 Å². The van der Waals surface area contributed by atoms with Crippen molar-refractivity contribution in [2.75, 3.05) is 0 Å². The van der Waals surface area contributed by atoms with Crippen molar-refractivity contribution in [2.45, 2.75) is 70.8 Å². The van der Waals surface area contributed by atoms with Gasteiger partial charge in [-0.05, 0) is 25.7 Å². The van der Waals surface area contributed by atoms with Gasteiger partial charge < -0.3 is 10.2 Å². The van der Waals surface area contributed by atoms with Crippen LogP contribution in [0.15, 0.2) is 48.6 Å². The zero-order valence-electron chi connectivity index (χ0n) is 14.4. The molecule has 3 nitrogen and oxygen atoms in total. The highest BCUT2D eigenvalue weighted by molar-refractivity contribution is 5.80. The molecule has 0 aromatic carbocycles. The van der Waals surface area contributed by atoms with Crippen LogP contribution in [0.3, 0.4) is 0 Å². The van der Waals surface area contributed by atoms with E-state index >= 15 is 0 Å². The minimum Gasteiger partial charge on any atom is -0.478 e. The smallest absolute Gasteiger partial charge is 0.328 e. The minimum atomic E-state index is -0.938. The van der Waals surface area contributed by atoms with Crippen molar-refractivity contribution < 1.29 is 15.0 Å². The molecule has 130 valence electrons. The van der Waals surface area contributed by atoms with Crippen molar-refractivity contribution in [1.29, 1.82) is 0 Å². The second-order valence-corrected chi connectivity index (χ2v) is 5.68. The van der Waals surface area contributed by atoms with Crippen LogP contribution in [-0.2, 0) is 4.79 Å². The molecule has 0 aromatic heterocycles. The van der Waals surface area contributed by atoms with Gasteiger partial charge in [-0.1, -0.05) is 81.6 Å². The maximum Gasteiger partial charge on any atom is 0.328 e. The second-order valence-electron chi connectivity index (χ2n) is 5.68. The van der Waals surface area contributed by atoms with Crippen molar-refractivity contribution in [3.05, 3.63) is 48.6 Å². The lowest BCUT2D eigenvalue weighted by atomic mass is 10.0. The van der Waals surface area contributed by atoms with Crippen molar-refractivity contribution in [2.24, 2.45) is 0 Å². The molecule has 0 aliphatic rings. The van der Waals surface area contributed by atoms with Crippen molar-refractivity contribution in [1.82, 2.24) is 0 Å². The summed E-state index contributed by atoms with van der Waals surface area (Å²) in [4.78, 5) is 10.2. The Morgan fingerprint density at radius 1 is 0.870 bits per heavy atom. The summed E-state index contributed by atoms with van der Waals surface area (Å²) >= 11 is 0. The average molecular weight is 320 g/mol. The number of carboxylic acids is 1. The van der Waals surface area contributed by atoms with Gasteiger partial charge in [0.25, 0.3) is 0 Å². The zero-order chi connectivity index (χ0) is 17.2. The standard InChI is InChI=1S/C20H32O3/c1-2-3-13-16-19(21)17-14-11-9-7-5-4-6-8-10-12-15-18-20(22)23/h4-6,8,10,12,15,18-19,21H,2-3,7,9,11,13-14,16-17H2,1H3,(H,22,23)/t19-/m1/s1. The fraction of sp³-hybridized carbons (Fsp3) is 0.550. The molecule has 0 saturated carbocycles. The first-order valence-electron chi connectivity index (χ1n) is 8.74. The van der Waals surface area contributed by atoms with E-state index in [1.165, 1.54) is 25.3 Å². The Morgan fingerprint density at radius 2 is 1.48 bits per heavy atom. The Labute approximate surface area is 141 Å². The number of carbonyl (C=O) groups is 1. The first-order chi connectivity index (χ1) is 11.2. The molecule has 3 heteroatoms. The molecule has 2 N–H and O–H groups in total. The number of hydrogen-bond acceptors (Lipinski definition) is 2. The number of hydrogen-bond donors (Lipinski definition) is 2. The van der Waals surface area contributed by atoms with Crippen LogP contribution in [0, 0.1) is 0 Å². The maximum atomic E-state index is 10.2. The summed E-state index contributed by atoms with van der Waals surface area (Å²) in [5.74, 6) is -0.938. The van der Waals surface area contributed by atoms with Crippen LogP contribution in [0.4, 0.5) is 0 Å². The number of carboxylic acid groups (broad SMARTS) is 1. The number of rotatable bonds is 14. The fourth-order valence-corrected chi connectivity index (χ4v) is 2.16.